The largest absolute Gasteiger partial charge is 0.497 e. The quantitative estimate of drug-likeness (QED) is 0.177. The highest BCUT2D eigenvalue weighted by Gasteiger charge is 2.54. The van der Waals surface area contributed by atoms with E-state index in [1.165, 1.54) is 32.2 Å². The number of nitriles is 1. The van der Waals surface area contributed by atoms with Crippen molar-refractivity contribution in [2.75, 3.05) is 12.4 Å². The van der Waals surface area contributed by atoms with E-state index in [1.54, 1.807) is 12.1 Å². The highest BCUT2D eigenvalue weighted by molar-refractivity contribution is 6.00. The second-order valence-electron chi connectivity index (χ2n) is 10.0. The lowest BCUT2D eigenvalue weighted by atomic mass is 9.81. The van der Waals surface area contributed by atoms with Crippen LogP contribution in [0.3, 0.4) is 0 Å². The van der Waals surface area contributed by atoms with Gasteiger partial charge in [0.2, 0.25) is 5.60 Å². The van der Waals surface area contributed by atoms with Crippen LogP contribution in [0.4, 0.5) is 36.4 Å². The molecular formula is C32H25F7N2O4. The Bertz CT molecular complexity index is 1660. The number of nitrogens with zero attached hydrogens (tertiary/aromatic N) is 1. The zero-order chi connectivity index (χ0) is 33.6. The third-order valence-electron chi connectivity index (χ3n) is 6.90. The minimum atomic E-state index is -4.94. The predicted molar refractivity (Wildman–Crippen MR) is 148 cm³/mol. The Labute approximate surface area is 253 Å². The average molecular weight is 635 g/mol. The molecule has 1 aliphatic carbocycles. The van der Waals surface area contributed by atoms with Gasteiger partial charge in [0.15, 0.2) is 0 Å². The number of halogens is 7. The first-order valence-corrected chi connectivity index (χ1v) is 13.1. The molecule has 0 radical (unpaired) electrons. The fraction of sp³-hybridized carbons (Fsp3) is 0.281. The summed E-state index contributed by atoms with van der Waals surface area (Å²) in [5, 5.41) is 22.7. The molecule has 1 unspecified atom stereocenters. The lowest BCUT2D eigenvalue weighted by Crippen LogP contribution is -2.44. The minimum absolute atomic E-state index is 0.111. The van der Waals surface area contributed by atoms with E-state index in [0.717, 1.165) is 18.4 Å². The monoisotopic (exact) mass is 634 g/mol. The van der Waals surface area contributed by atoms with Gasteiger partial charge >= 0.3 is 12.4 Å². The van der Waals surface area contributed by atoms with E-state index >= 15 is 0 Å². The lowest BCUT2D eigenvalue weighted by Gasteiger charge is -2.28. The molecule has 1 fully saturated rings. The number of aldehydes is 1. The van der Waals surface area contributed by atoms with Gasteiger partial charge < -0.3 is 20.0 Å². The first-order chi connectivity index (χ1) is 21.0. The van der Waals surface area contributed by atoms with Crippen molar-refractivity contribution >= 4 is 17.9 Å². The second kappa shape index (κ2) is 13.4. The van der Waals surface area contributed by atoms with E-state index in [0.29, 0.717) is 35.6 Å². The standard InChI is InChI=1S/C30H21F7N2O3.C2H4O/c1-42-22-7-2-18(3-8-22)10-11-28(41,26(40)39-21-6-4-19(16-38)23(15-21)30(35,36)37)17-27(12-13-27)24-14-20(29(32,33)34)5-9-25(24)31;1-2-3/h2-9,14-15,41H,12-13,17H2,1H3,(H,39,40);2H,1H3. The molecule has 236 valence electrons. The number of nitrogens with one attached hydrogen (secondary N) is 1. The van der Waals surface area contributed by atoms with E-state index in [9.17, 15) is 40.6 Å². The SMILES string of the molecule is CC=O.COc1ccc(C#CC(O)(CC2(c3cc(C(F)(F)F)ccc3F)CC2)C(=O)Nc2ccc(C#N)c(C(F)(F)F)c2)cc1. The maximum absolute atomic E-state index is 14.8. The van der Waals surface area contributed by atoms with Gasteiger partial charge in [-0.05, 0) is 86.0 Å². The molecule has 1 aliphatic rings. The number of hydrogen-bond donors (Lipinski definition) is 2. The van der Waals surface area contributed by atoms with Crippen LogP contribution in [0.25, 0.3) is 0 Å². The minimum Gasteiger partial charge on any atom is -0.497 e. The Morgan fingerprint density at radius 3 is 2.16 bits per heavy atom. The molecule has 0 spiro atoms. The molecule has 0 aromatic heterocycles. The van der Waals surface area contributed by atoms with Gasteiger partial charge in [-0.25, -0.2) is 4.39 Å². The molecule has 13 heteroatoms. The van der Waals surface area contributed by atoms with Crippen molar-refractivity contribution in [1.82, 2.24) is 0 Å². The molecule has 1 atom stereocenters. The highest BCUT2D eigenvalue weighted by Crippen LogP contribution is 2.55. The lowest BCUT2D eigenvalue weighted by molar-refractivity contribution is -0.138. The number of aliphatic hydroxyl groups is 1. The molecule has 0 heterocycles. The smallest absolute Gasteiger partial charge is 0.417 e. The molecule has 4 rings (SSSR count). The summed E-state index contributed by atoms with van der Waals surface area (Å²) in [6.45, 7) is 1.44. The van der Waals surface area contributed by atoms with Crippen LogP contribution in [-0.4, -0.2) is 30.0 Å². The predicted octanol–water partition coefficient (Wildman–Crippen LogP) is 6.79. The third-order valence-corrected chi connectivity index (χ3v) is 6.90. The van der Waals surface area contributed by atoms with Crippen LogP contribution in [0.15, 0.2) is 60.7 Å². The van der Waals surface area contributed by atoms with Crippen LogP contribution in [0.2, 0.25) is 0 Å². The number of benzene rings is 3. The van der Waals surface area contributed by atoms with Crippen molar-refractivity contribution in [2.24, 2.45) is 0 Å². The molecule has 3 aromatic rings. The van der Waals surface area contributed by atoms with Gasteiger partial charge in [-0.3, -0.25) is 4.79 Å². The van der Waals surface area contributed by atoms with E-state index in [-0.39, 0.29) is 18.4 Å². The van der Waals surface area contributed by atoms with Crippen LogP contribution in [0.5, 0.6) is 5.75 Å². The summed E-state index contributed by atoms with van der Waals surface area (Å²) in [6, 6.07) is 11.7. The summed E-state index contributed by atoms with van der Waals surface area (Å²) in [7, 11) is 1.43. The van der Waals surface area contributed by atoms with Gasteiger partial charge in [0, 0.05) is 23.1 Å². The number of carbonyl (C=O) groups is 2. The summed E-state index contributed by atoms with van der Waals surface area (Å²) in [5.74, 6) is 3.21. The first-order valence-electron chi connectivity index (χ1n) is 13.1. The number of ether oxygens (including phenoxy) is 1. The average Bonchev–Trinajstić information content (AvgIpc) is 3.75. The number of hydrogen-bond acceptors (Lipinski definition) is 5. The van der Waals surface area contributed by atoms with Crippen molar-refractivity contribution in [3.63, 3.8) is 0 Å². The number of alkyl halides is 6. The maximum Gasteiger partial charge on any atom is 0.417 e. The topological polar surface area (TPSA) is 99.4 Å². The molecule has 6 nitrogen and oxygen atoms in total. The van der Waals surface area contributed by atoms with E-state index in [4.69, 9.17) is 14.8 Å². The second-order valence-corrected chi connectivity index (χ2v) is 10.0. The van der Waals surface area contributed by atoms with Gasteiger partial charge in [0.25, 0.3) is 5.91 Å². The first kappa shape index (κ1) is 34.6. The Morgan fingerprint density at radius 2 is 1.64 bits per heavy atom. The Morgan fingerprint density at radius 1 is 1.02 bits per heavy atom. The van der Waals surface area contributed by atoms with Crippen molar-refractivity contribution in [3.8, 4) is 23.7 Å². The highest BCUT2D eigenvalue weighted by atomic mass is 19.4. The molecule has 1 saturated carbocycles. The summed E-state index contributed by atoms with van der Waals surface area (Å²) in [6.07, 6.45) is -9.41. The van der Waals surface area contributed by atoms with Crippen LogP contribution in [-0.2, 0) is 27.4 Å². The number of rotatable bonds is 6. The number of methoxy groups -OCH3 is 1. The van der Waals surface area contributed by atoms with Gasteiger partial charge in [-0.2, -0.15) is 31.6 Å². The summed E-state index contributed by atoms with van der Waals surface area (Å²) in [4.78, 5) is 22.2. The van der Waals surface area contributed by atoms with Crippen LogP contribution in [0, 0.1) is 29.0 Å². The zero-order valence-electron chi connectivity index (χ0n) is 23.7. The van der Waals surface area contributed by atoms with Crippen molar-refractivity contribution in [1.29, 1.82) is 5.26 Å². The Hall–Kier alpha value is -4.88. The van der Waals surface area contributed by atoms with Gasteiger partial charge in [-0.1, -0.05) is 11.8 Å². The number of carbonyl (C=O) groups excluding carboxylic acids is 2. The maximum atomic E-state index is 14.8. The van der Waals surface area contributed by atoms with Gasteiger partial charge in [0.1, 0.15) is 17.9 Å². The third kappa shape index (κ3) is 8.40. The number of anilines is 1. The zero-order valence-corrected chi connectivity index (χ0v) is 23.7. The van der Waals surface area contributed by atoms with Crippen molar-refractivity contribution in [3.05, 3.63) is 94.3 Å². The molecule has 0 saturated heterocycles. The molecule has 1 amide bonds. The van der Waals surface area contributed by atoms with E-state index in [1.807, 2.05) is 0 Å². The van der Waals surface area contributed by atoms with E-state index in [2.05, 4.69) is 17.2 Å². The van der Waals surface area contributed by atoms with Crippen molar-refractivity contribution < 1.29 is 50.2 Å². The molecule has 2 N–H and O–H groups in total. The summed E-state index contributed by atoms with van der Waals surface area (Å²) >= 11 is 0. The summed E-state index contributed by atoms with van der Waals surface area (Å²) in [5.41, 5.74) is -7.75. The molecule has 0 aliphatic heterocycles. The van der Waals surface area contributed by atoms with Gasteiger partial charge in [0.05, 0.1) is 29.9 Å². The van der Waals surface area contributed by atoms with Crippen LogP contribution < -0.4 is 10.1 Å². The van der Waals surface area contributed by atoms with Crippen molar-refractivity contribution in [2.45, 2.75) is 49.6 Å². The Balaban J connectivity index is 0.00000177. The Kier molecular flexibility index (Phi) is 10.3. The molecular weight excluding hydrogens is 609 g/mol. The normalized spacial score (nSPS) is 14.7. The van der Waals surface area contributed by atoms with Gasteiger partial charge in [-0.15, -0.1) is 0 Å². The molecule has 45 heavy (non-hydrogen) atoms. The molecule has 3 aromatic carbocycles. The van der Waals surface area contributed by atoms with Crippen LogP contribution >= 0.6 is 0 Å². The summed E-state index contributed by atoms with van der Waals surface area (Å²) < 4.78 is 100. The number of amides is 1. The van der Waals surface area contributed by atoms with E-state index < -0.39 is 63.9 Å². The molecule has 0 bridgehead atoms. The fourth-order valence-electron chi connectivity index (χ4n) is 4.51. The fourth-order valence-corrected chi connectivity index (χ4v) is 4.51. The van der Waals surface area contributed by atoms with Crippen LogP contribution in [0.1, 0.15) is 54.0 Å².